The average Bonchev–Trinajstić information content (AvgIpc) is 3.73. The minimum absolute atomic E-state index is 0.0316. The zero-order valence-corrected chi connectivity index (χ0v) is 28.9. The Morgan fingerprint density at radius 2 is 1.38 bits per heavy atom. The van der Waals surface area contributed by atoms with E-state index in [0.717, 1.165) is 11.1 Å². The van der Waals surface area contributed by atoms with Crippen LogP contribution in [0.25, 0.3) is 0 Å². The summed E-state index contributed by atoms with van der Waals surface area (Å²) >= 11 is 0. The van der Waals surface area contributed by atoms with Crippen LogP contribution in [0.4, 0.5) is 0 Å². The molecule has 6 N–H and O–H groups in total. The molecule has 6 amide bonds. The molecule has 0 radical (unpaired) electrons. The van der Waals surface area contributed by atoms with Crippen molar-refractivity contribution in [1.82, 2.24) is 31.5 Å². The van der Waals surface area contributed by atoms with Gasteiger partial charge in [0.05, 0.1) is 17.9 Å². The molecule has 3 fully saturated rings. The lowest BCUT2D eigenvalue weighted by molar-refractivity contribution is -0.145. The molecule has 2 aliphatic heterocycles. The maximum Gasteiger partial charge on any atom is 0.248 e. The summed E-state index contributed by atoms with van der Waals surface area (Å²) in [5.74, 6) is -4.84. The second-order valence-corrected chi connectivity index (χ2v) is 14.0. The van der Waals surface area contributed by atoms with E-state index < -0.39 is 83.7 Å². The molecular formula is C37H48N6O7. The van der Waals surface area contributed by atoms with E-state index in [0.29, 0.717) is 19.3 Å². The average molecular weight is 689 g/mol. The summed E-state index contributed by atoms with van der Waals surface area (Å²) in [6.07, 6.45) is 0.435. The van der Waals surface area contributed by atoms with Crippen molar-refractivity contribution in [3.8, 4) is 0 Å². The van der Waals surface area contributed by atoms with Gasteiger partial charge in [0.2, 0.25) is 35.4 Å². The van der Waals surface area contributed by atoms with Crippen molar-refractivity contribution < 1.29 is 33.9 Å². The number of carbonyl (C=O) groups is 6. The van der Waals surface area contributed by atoms with Gasteiger partial charge in [-0.1, -0.05) is 80.9 Å². The molecule has 2 saturated heterocycles. The number of nitrogens with zero attached hydrogens (tertiary/aromatic N) is 1. The summed E-state index contributed by atoms with van der Waals surface area (Å²) in [6.45, 7) is 6.30. The molecule has 1 saturated carbocycles. The number of amides is 6. The third kappa shape index (κ3) is 8.15. The highest BCUT2D eigenvalue weighted by molar-refractivity contribution is 5.97. The van der Waals surface area contributed by atoms with Gasteiger partial charge in [-0.3, -0.25) is 28.8 Å². The zero-order chi connectivity index (χ0) is 36.1. The van der Waals surface area contributed by atoms with Crippen LogP contribution in [0.1, 0.15) is 70.4 Å². The van der Waals surface area contributed by atoms with Gasteiger partial charge in [-0.2, -0.15) is 0 Å². The molecule has 1 aliphatic carbocycles. The van der Waals surface area contributed by atoms with E-state index in [-0.39, 0.29) is 24.8 Å². The van der Waals surface area contributed by atoms with Crippen LogP contribution < -0.4 is 26.6 Å². The van der Waals surface area contributed by atoms with Crippen LogP contribution in [-0.4, -0.2) is 94.3 Å². The fourth-order valence-electron chi connectivity index (χ4n) is 7.24. The summed E-state index contributed by atoms with van der Waals surface area (Å²) in [4.78, 5) is 83.6. The lowest BCUT2D eigenvalue weighted by Gasteiger charge is -2.33. The number of hydrogen-bond donors (Lipinski definition) is 6. The Labute approximate surface area is 292 Å². The van der Waals surface area contributed by atoms with Crippen LogP contribution >= 0.6 is 0 Å². The third-order valence-corrected chi connectivity index (χ3v) is 9.99. The zero-order valence-electron chi connectivity index (χ0n) is 28.9. The number of nitrogens with one attached hydrogen (secondary N) is 5. The largest absolute Gasteiger partial charge is 0.391 e. The SMILES string of the molecule is CC(C)[C@H]1NC(=O)[C@H]2CCC[C@@H]2NC(=O)[C@H](C)NC(=O)[C@@H]2C[C@H](NC(=O)C(c3ccccc3)c3ccccc3)CN2C(=O)[C@H]([C@@H](C)O)NC1=O. The van der Waals surface area contributed by atoms with E-state index in [1.54, 1.807) is 13.8 Å². The van der Waals surface area contributed by atoms with E-state index in [1.165, 1.54) is 18.7 Å². The van der Waals surface area contributed by atoms with Gasteiger partial charge in [0.1, 0.15) is 24.2 Å². The lowest BCUT2D eigenvalue weighted by atomic mass is 9.90. The number of fused-ring (bicyclic) bond motifs is 2. The summed E-state index contributed by atoms with van der Waals surface area (Å²) in [6, 6.07) is 12.8. The summed E-state index contributed by atoms with van der Waals surface area (Å²) in [5, 5.41) is 24.9. The Hall–Kier alpha value is -4.78. The first-order valence-electron chi connectivity index (χ1n) is 17.5. The van der Waals surface area contributed by atoms with E-state index in [2.05, 4.69) is 26.6 Å². The third-order valence-electron chi connectivity index (χ3n) is 9.99. The first-order chi connectivity index (χ1) is 23.8. The topological polar surface area (TPSA) is 186 Å². The van der Waals surface area contributed by atoms with Crippen molar-refractivity contribution in [2.45, 2.75) is 102 Å². The Morgan fingerprint density at radius 3 is 1.96 bits per heavy atom. The van der Waals surface area contributed by atoms with Crippen LogP contribution in [0.3, 0.4) is 0 Å². The molecule has 8 atom stereocenters. The van der Waals surface area contributed by atoms with E-state index in [9.17, 15) is 33.9 Å². The standard InChI is InChI=1S/C37H48N6O7/c1-20(2)30-36(49)42-31(22(4)44)37(50)43-19-25(39-35(48)29(23-12-7-5-8-13-23)24-14-9-6-10-15-24)18-28(43)34(47)38-21(3)32(45)40-27-17-11-16-26(27)33(46)41-30/h5-10,12-15,20-22,25-31,44H,11,16-19H2,1-4H3,(H,38,47)(H,39,48)(H,40,45)(H,41,46)(H,42,49)/t21-,22+,25-,26-,27-,28-,30+,31-/m0/s1. The van der Waals surface area contributed by atoms with Gasteiger partial charge in [-0.25, -0.2) is 0 Å². The lowest BCUT2D eigenvalue weighted by Crippen LogP contribution is -2.62. The molecule has 2 aromatic rings. The van der Waals surface area contributed by atoms with E-state index >= 15 is 0 Å². The number of benzene rings is 2. The monoisotopic (exact) mass is 688 g/mol. The highest BCUT2D eigenvalue weighted by atomic mass is 16.3. The van der Waals surface area contributed by atoms with Crippen LogP contribution in [0, 0.1) is 11.8 Å². The Kier molecular flexibility index (Phi) is 11.6. The molecule has 3 aliphatic rings. The number of aliphatic hydroxyl groups is 1. The first kappa shape index (κ1) is 36.5. The summed E-state index contributed by atoms with van der Waals surface area (Å²) in [7, 11) is 0. The highest BCUT2D eigenvalue weighted by Gasteiger charge is 2.46. The van der Waals surface area contributed by atoms with Crippen LogP contribution in [0.5, 0.6) is 0 Å². The van der Waals surface area contributed by atoms with Gasteiger partial charge < -0.3 is 36.6 Å². The van der Waals surface area contributed by atoms with Crippen molar-refractivity contribution in [2.24, 2.45) is 11.8 Å². The molecule has 50 heavy (non-hydrogen) atoms. The fourth-order valence-corrected chi connectivity index (χ4v) is 7.24. The van der Waals surface area contributed by atoms with Gasteiger partial charge >= 0.3 is 0 Å². The summed E-state index contributed by atoms with van der Waals surface area (Å²) in [5.41, 5.74) is 1.53. The molecule has 0 unspecified atom stereocenters. The van der Waals surface area contributed by atoms with Crippen molar-refractivity contribution >= 4 is 35.4 Å². The van der Waals surface area contributed by atoms with Crippen LogP contribution in [0.2, 0.25) is 0 Å². The quantitative estimate of drug-likeness (QED) is 0.258. The molecule has 0 spiro atoms. The summed E-state index contributed by atoms with van der Waals surface area (Å²) < 4.78 is 0. The van der Waals surface area contributed by atoms with Crippen molar-refractivity contribution in [3.05, 3.63) is 71.8 Å². The normalized spacial score (nSPS) is 28.7. The maximum atomic E-state index is 14.2. The minimum atomic E-state index is -1.46. The second-order valence-electron chi connectivity index (χ2n) is 14.0. The first-order valence-corrected chi connectivity index (χ1v) is 17.5. The Bertz CT molecular complexity index is 1530. The molecule has 13 nitrogen and oxygen atoms in total. The molecule has 13 heteroatoms. The van der Waals surface area contributed by atoms with Gasteiger partial charge in [0, 0.05) is 18.6 Å². The maximum absolute atomic E-state index is 14.2. The van der Waals surface area contributed by atoms with Gasteiger partial charge in [0.25, 0.3) is 0 Å². The molecule has 2 aromatic carbocycles. The molecular weight excluding hydrogens is 640 g/mol. The number of rotatable bonds is 6. The predicted octanol–water partition coefficient (Wildman–Crippen LogP) is 0.714. The molecule has 268 valence electrons. The van der Waals surface area contributed by atoms with Crippen molar-refractivity contribution in [3.63, 3.8) is 0 Å². The number of aliphatic hydroxyl groups excluding tert-OH is 1. The number of carbonyl (C=O) groups excluding carboxylic acids is 6. The van der Waals surface area contributed by atoms with Crippen molar-refractivity contribution in [1.29, 1.82) is 0 Å². The van der Waals surface area contributed by atoms with Crippen LogP contribution in [-0.2, 0) is 28.8 Å². The van der Waals surface area contributed by atoms with Gasteiger partial charge in [0.15, 0.2) is 0 Å². The molecule has 0 bridgehead atoms. The Morgan fingerprint density at radius 1 is 0.780 bits per heavy atom. The Balaban J connectivity index is 1.45. The predicted molar refractivity (Wildman–Crippen MR) is 184 cm³/mol. The van der Waals surface area contributed by atoms with Crippen LogP contribution in [0.15, 0.2) is 60.7 Å². The second kappa shape index (κ2) is 15.8. The van der Waals surface area contributed by atoms with Gasteiger partial charge in [-0.15, -0.1) is 0 Å². The van der Waals surface area contributed by atoms with E-state index in [4.69, 9.17) is 0 Å². The molecule has 5 rings (SSSR count). The number of hydrogen-bond acceptors (Lipinski definition) is 7. The smallest absolute Gasteiger partial charge is 0.248 e. The molecule has 0 aromatic heterocycles. The highest BCUT2D eigenvalue weighted by Crippen LogP contribution is 2.28. The molecule has 2 heterocycles. The van der Waals surface area contributed by atoms with Crippen molar-refractivity contribution in [2.75, 3.05) is 6.54 Å². The fraction of sp³-hybridized carbons (Fsp3) is 0.514. The van der Waals surface area contributed by atoms with Gasteiger partial charge in [-0.05, 0) is 50.2 Å². The van der Waals surface area contributed by atoms with E-state index in [1.807, 2.05) is 60.7 Å². The minimum Gasteiger partial charge on any atom is -0.391 e.